The highest BCUT2D eigenvalue weighted by atomic mass is 79.9. The monoisotopic (exact) mass is 329 g/mol. The SMILES string of the molecule is Cc1c(CNc2ccc3cc(Br)ccc3c2)cnn1C. The molecular weight excluding hydrogens is 314 g/mol. The zero-order chi connectivity index (χ0) is 14.1. The second kappa shape index (κ2) is 5.29. The minimum Gasteiger partial charge on any atom is -0.381 e. The third kappa shape index (κ3) is 2.56. The van der Waals surface area contributed by atoms with Crippen LogP contribution in [0, 0.1) is 6.92 Å². The van der Waals surface area contributed by atoms with Crippen molar-refractivity contribution in [3.63, 3.8) is 0 Å². The fourth-order valence-corrected chi connectivity index (χ4v) is 2.62. The molecule has 4 heteroatoms. The van der Waals surface area contributed by atoms with Crippen LogP contribution in [-0.2, 0) is 13.6 Å². The van der Waals surface area contributed by atoms with Gasteiger partial charge in [0.2, 0.25) is 0 Å². The molecule has 1 N–H and O–H groups in total. The summed E-state index contributed by atoms with van der Waals surface area (Å²) >= 11 is 3.50. The second-order valence-corrected chi connectivity index (χ2v) is 5.85. The Morgan fingerprint density at radius 1 is 1.15 bits per heavy atom. The highest BCUT2D eigenvalue weighted by molar-refractivity contribution is 9.10. The molecule has 1 heterocycles. The van der Waals surface area contributed by atoms with Crippen molar-refractivity contribution in [3.8, 4) is 0 Å². The van der Waals surface area contributed by atoms with E-state index in [1.807, 2.05) is 17.9 Å². The summed E-state index contributed by atoms with van der Waals surface area (Å²) in [5.41, 5.74) is 3.55. The molecule has 0 amide bonds. The molecule has 3 rings (SSSR count). The van der Waals surface area contributed by atoms with E-state index in [2.05, 4.69) is 69.7 Å². The number of benzene rings is 2. The van der Waals surface area contributed by atoms with Gasteiger partial charge in [0.15, 0.2) is 0 Å². The number of aryl methyl sites for hydroxylation is 1. The van der Waals surface area contributed by atoms with Crippen LogP contribution in [0.5, 0.6) is 0 Å². The molecule has 0 atom stereocenters. The molecule has 3 aromatic rings. The first-order valence-corrected chi connectivity index (χ1v) is 7.33. The van der Waals surface area contributed by atoms with E-state index < -0.39 is 0 Å². The van der Waals surface area contributed by atoms with Crippen molar-refractivity contribution in [2.24, 2.45) is 7.05 Å². The maximum atomic E-state index is 4.26. The number of halogens is 1. The van der Waals surface area contributed by atoms with E-state index in [1.54, 1.807) is 0 Å². The van der Waals surface area contributed by atoms with Crippen molar-refractivity contribution in [1.29, 1.82) is 0 Å². The number of nitrogens with one attached hydrogen (secondary N) is 1. The highest BCUT2D eigenvalue weighted by Gasteiger charge is 2.03. The largest absolute Gasteiger partial charge is 0.381 e. The number of hydrogen-bond acceptors (Lipinski definition) is 2. The molecule has 0 aliphatic carbocycles. The summed E-state index contributed by atoms with van der Waals surface area (Å²) in [7, 11) is 1.96. The van der Waals surface area contributed by atoms with Gasteiger partial charge in [-0.1, -0.05) is 28.1 Å². The van der Waals surface area contributed by atoms with Crippen molar-refractivity contribution in [2.45, 2.75) is 13.5 Å². The van der Waals surface area contributed by atoms with E-state index in [9.17, 15) is 0 Å². The maximum Gasteiger partial charge on any atom is 0.0542 e. The molecular formula is C16H16BrN3. The molecule has 0 saturated carbocycles. The van der Waals surface area contributed by atoms with E-state index in [0.717, 1.165) is 16.7 Å². The molecule has 0 aliphatic rings. The maximum absolute atomic E-state index is 4.26. The van der Waals surface area contributed by atoms with Crippen LogP contribution in [0.15, 0.2) is 47.1 Å². The molecule has 2 aromatic carbocycles. The average Bonchev–Trinajstić information content (AvgIpc) is 2.76. The predicted octanol–water partition coefficient (Wildman–Crippen LogP) is 4.26. The molecule has 20 heavy (non-hydrogen) atoms. The second-order valence-electron chi connectivity index (χ2n) is 4.94. The van der Waals surface area contributed by atoms with Gasteiger partial charge >= 0.3 is 0 Å². The summed E-state index contributed by atoms with van der Waals surface area (Å²) in [5, 5.41) is 10.2. The summed E-state index contributed by atoms with van der Waals surface area (Å²) in [4.78, 5) is 0. The Kier molecular flexibility index (Phi) is 3.49. The van der Waals surface area contributed by atoms with Gasteiger partial charge in [0.1, 0.15) is 0 Å². The fourth-order valence-electron chi connectivity index (χ4n) is 2.24. The van der Waals surface area contributed by atoms with Crippen molar-refractivity contribution in [3.05, 3.63) is 58.3 Å². The van der Waals surface area contributed by atoms with E-state index >= 15 is 0 Å². The summed E-state index contributed by atoms with van der Waals surface area (Å²) in [6, 6.07) is 12.7. The summed E-state index contributed by atoms with van der Waals surface area (Å²) < 4.78 is 3.01. The average molecular weight is 330 g/mol. The van der Waals surface area contributed by atoms with Crippen LogP contribution in [0.2, 0.25) is 0 Å². The van der Waals surface area contributed by atoms with Crippen LogP contribution in [0.3, 0.4) is 0 Å². The number of anilines is 1. The lowest BCUT2D eigenvalue weighted by molar-refractivity contribution is 0.738. The third-order valence-electron chi connectivity index (χ3n) is 3.62. The van der Waals surface area contributed by atoms with Crippen LogP contribution in [0.25, 0.3) is 10.8 Å². The molecule has 0 aliphatic heterocycles. The van der Waals surface area contributed by atoms with E-state index in [0.29, 0.717) is 0 Å². The van der Waals surface area contributed by atoms with Crippen LogP contribution >= 0.6 is 15.9 Å². The smallest absolute Gasteiger partial charge is 0.0542 e. The molecule has 0 spiro atoms. The first-order chi connectivity index (χ1) is 9.63. The first-order valence-electron chi connectivity index (χ1n) is 6.54. The predicted molar refractivity (Wildman–Crippen MR) is 86.9 cm³/mol. The molecule has 102 valence electrons. The summed E-state index contributed by atoms with van der Waals surface area (Å²) in [6.07, 6.45) is 1.92. The van der Waals surface area contributed by atoms with Gasteiger partial charge in [-0.2, -0.15) is 5.10 Å². The van der Waals surface area contributed by atoms with Gasteiger partial charge in [0.05, 0.1) is 6.20 Å². The number of nitrogens with zero attached hydrogens (tertiary/aromatic N) is 2. The Hall–Kier alpha value is -1.81. The number of aromatic nitrogens is 2. The molecule has 0 fully saturated rings. The molecule has 0 radical (unpaired) electrons. The topological polar surface area (TPSA) is 29.9 Å². The molecule has 3 nitrogen and oxygen atoms in total. The Morgan fingerprint density at radius 3 is 2.65 bits per heavy atom. The van der Waals surface area contributed by atoms with Gasteiger partial charge in [-0.05, 0) is 42.0 Å². The minimum atomic E-state index is 0.793. The van der Waals surface area contributed by atoms with Gasteiger partial charge in [-0.25, -0.2) is 0 Å². The van der Waals surface area contributed by atoms with Crippen LogP contribution in [0.1, 0.15) is 11.3 Å². The van der Waals surface area contributed by atoms with Crippen molar-refractivity contribution in [1.82, 2.24) is 9.78 Å². The Labute approximate surface area is 126 Å². The minimum absolute atomic E-state index is 0.793. The normalized spacial score (nSPS) is 10.9. The van der Waals surface area contributed by atoms with Crippen LogP contribution in [0.4, 0.5) is 5.69 Å². The van der Waals surface area contributed by atoms with E-state index in [-0.39, 0.29) is 0 Å². The molecule has 0 saturated heterocycles. The standard InChI is InChI=1S/C16H16BrN3/c1-11-14(10-19-20(11)2)9-18-16-6-4-12-7-15(17)5-3-13(12)8-16/h3-8,10,18H,9H2,1-2H3. The Bertz CT molecular complexity index is 762. The lowest BCUT2D eigenvalue weighted by Gasteiger charge is -2.08. The zero-order valence-corrected chi connectivity index (χ0v) is 13.1. The quantitative estimate of drug-likeness (QED) is 0.778. The van der Waals surface area contributed by atoms with Crippen molar-refractivity contribution >= 4 is 32.4 Å². The lowest BCUT2D eigenvalue weighted by Crippen LogP contribution is -2.01. The van der Waals surface area contributed by atoms with E-state index in [4.69, 9.17) is 0 Å². The molecule has 0 bridgehead atoms. The van der Waals surface area contributed by atoms with Crippen LogP contribution < -0.4 is 5.32 Å². The van der Waals surface area contributed by atoms with Crippen molar-refractivity contribution in [2.75, 3.05) is 5.32 Å². The molecule has 1 aromatic heterocycles. The van der Waals surface area contributed by atoms with Gasteiger partial charge in [-0.3, -0.25) is 4.68 Å². The number of fused-ring (bicyclic) bond motifs is 1. The zero-order valence-electron chi connectivity index (χ0n) is 11.5. The Balaban J connectivity index is 1.81. The number of hydrogen-bond donors (Lipinski definition) is 1. The highest BCUT2D eigenvalue weighted by Crippen LogP contribution is 2.23. The summed E-state index contributed by atoms with van der Waals surface area (Å²) in [5.74, 6) is 0. The van der Waals surface area contributed by atoms with Gasteiger partial charge in [-0.15, -0.1) is 0 Å². The summed E-state index contributed by atoms with van der Waals surface area (Å²) in [6.45, 7) is 2.88. The molecule has 0 unspecified atom stereocenters. The third-order valence-corrected chi connectivity index (χ3v) is 4.12. The Morgan fingerprint density at radius 2 is 1.90 bits per heavy atom. The lowest BCUT2D eigenvalue weighted by atomic mass is 10.1. The van der Waals surface area contributed by atoms with Gasteiger partial charge < -0.3 is 5.32 Å². The van der Waals surface area contributed by atoms with E-state index in [1.165, 1.54) is 22.0 Å². The fraction of sp³-hybridized carbons (Fsp3) is 0.188. The van der Waals surface area contributed by atoms with Gasteiger partial charge in [0.25, 0.3) is 0 Å². The van der Waals surface area contributed by atoms with Crippen molar-refractivity contribution < 1.29 is 0 Å². The van der Waals surface area contributed by atoms with Crippen LogP contribution in [-0.4, -0.2) is 9.78 Å². The number of rotatable bonds is 3. The van der Waals surface area contributed by atoms with Gasteiger partial charge in [0, 0.05) is 35.0 Å². The first kappa shape index (κ1) is 13.2.